The summed E-state index contributed by atoms with van der Waals surface area (Å²) in [5.41, 5.74) is 2.87. The Balaban J connectivity index is 1.51. The van der Waals surface area contributed by atoms with E-state index in [1.54, 1.807) is 13.2 Å². The van der Waals surface area contributed by atoms with Crippen LogP contribution in [0.1, 0.15) is 23.0 Å². The number of ether oxygens (including phenoxy) is 1. The van der Waals surface area contributed by atoms with Crippen molar-refractivity contribution in [2.45, 2.75) is 19.4 Å². The average molecular weight is 348 g/mol. The number of hydrogen-bond donors (Lipinski definition) is 2. The van der Waals surface area contributed by atoms with Gasteiger partial charge in [-0.2, -0.15) is 0 Å². The molecule has 0 radical (unpaired) electrons. The van der Waals surface area contributed by atoms with Gasteiger partial charge in [-0.1, -0.05) is 30.3 Å². The zero-order valence-electron chi connectivity index (χ0n) is 14.7. The molecule has 1 amide bonds. The number of benzene rings is 2. The molecule has 0 aliphatic heterocycles. The molecule has 0 aliphatic rings. The number of hydrogen-bond acceptors (Lipinski definition) is 3. The molecule has 0 unspecified atom stereocenters. The molecule has 132 valence electrons. The highest BCUT2D eigenvalue weighted by atomic mass is 16.5. The van der Waals surface area contributed by atoms with E-state index < -0.39 is 0 Å². The number of nitrogens with one attached hydrogen (secondary N) is 2. The van der Waals surface area contributed by atoms with Crippen molar-refractivity contribution in [2.24, 2.45) is 0 Å². The monoisotopic (exact) mass is 348 g/mol. The maximum absolute atomic E-state index is 12.6. The van der Waals surface area contributed by atoms with Crippen LogP contribution in [0.5, 0.6) is 5.75 Å². The second-order valence-electron chi connectivity index (χ2n) is 6.43. The molecular formula is C21H20N2O3. The lowest BCUT2D eigenvalue weighted by molar-refractivity contribution is 0.0914. The number of amides is 1. The number of para-hydroxylation sites is 2. The lowest BCUT2D eigenvalue weighted by atomic mass is 10.1. The lowest BCUT2D eigenvalue weighted by Crippen LogP contribution is -2.33. The molecule has 0 aliphatic carbocycles. The fourth-order valence-electron chi connectivity index (χ4n) is 3.29. The van der Waals surface area contributed by atoms with E-state index in [1.807, 2.05) is 49.5 Å². The van der Waals surface area contributed by atoms with Crippen molar-refractivity contribution in [1.29, 1.82) is 0 Å². The molecule has 5 heteroatoms. The van der Waals surface area contributed by atoms with Gasteiger partial charge >= 0.3 is 0 Å². The molecule has 0 fully saturated rings. The lowest BCUT2D eigenvalue weighted by Gasteiger charge is -2.12. The van der Waals surface area contributed by atoms with Gasteiger partial charge in [-0.15, -0.1) is 0 Å². The fraction of sp³-hybridized carbons (Fsp3) is 0.190. The van der Waals surface area contributed by atoms with Gasteiger partial charge in [0.15, 0.2) is 17.1 Å². The summed E-state index contributed by atoms with van der Waals surface area (Å²) in [6, 6.07) is 15.4. The summed E-state index contributed by atoms with van der Waals surface area (Å²) in [5, 5.41) is 5.04. The molecule has 2 aromatic carbocycles. The predicted molar refractivity (Wildman–Crippen MR) is 102 cm³/mol. The Bertz CT molecular complexity index is 1080. The molecule has 1 atom stereocenters. The van der Waals surface area contributed by atoms with Crippen molar-refractivity contribution in [3.8, 4) is 5.75 Å². The van der Waals surface area contributed by atoms with E-state index in [9.17, 15) is 4.79 Å². The number of carbonyl (C=O) groups excluding carboxylic acids is 1. The Labute approximate surface area is 151 Å². The summed E-state index contributed by atoms with van der Waals surface area (Å²) >= 11 is 0. The SMILES string of the molecule is COc1cccc2cc(C(=O)N[C@H](C)Cc3c[nH]c4ccccc34)oc12. The number of rotatable bonds is 5. The summed E-state index contributed by atoms with van der Waals surface area (Å²) in [6.45, 7) is 1.99. The van der Waals surface area contributed by atoms with Crippen molar-refractivity contribution in [2.75, 3.05) is 7.11 Å². The van der Waals surface area contributed by atoms with E-state index in [1.165, 1.54) is 10.9 Å². The summed E-state index contributed by atoms with van der Waals surface area (Å²) in [5.74, 6) is 0.680. The van der Waals surface area contributed by atoms with Gasteiger partial charge in [-0.25, -0.2) is 0 Å². The van der Waals surface area contributed by atoms with Crippen LogP contribution in [0.4, 0.5) is 0 Å². The number of furan rings is 1. The number of carbonyl (C=O) groups is 1. The van der Waals surface area contributed by atoms with Gasteiger partial charge in [0.2, 0.25) is 0 Å². The Hall–Kier alpha value is -3.21. The smallest absolute Gasteiger partial charge is 0.287 e. The predicted octanol–water partition coefficient (Wildman–Crippen LogP) is 4.28. The van der Waals surface area contributed by atoms with Crippen LogP contribution in [-0.2, 0) is 6.42 Å². The second-order valence-corrected chi connectivity index (χ2v) is 6.43. The second kappa shape index (κ2) is 6.59. The van der Waals surface area contributed by atoms with Gasteiger partial charge in [-0.3, -0.25) is 4.79 Å². The Morgan fingerprint density at radius 3 is 2.92 bits per heavy atom. The molecule has 2 aromatic heterocycles. The molecule has 2 N–H and O–H groups in total. The molecule has 0 bridgehead atoms. The first-order chi connectivity index (χ1) is 12.7. The van der Waals surface area contributed by atoms with E-state index in [4.69, 9.17) is 9.15 Å². The first-order valence-corrected chi connectivity index (χ1v) is 8.58. The van der Waals surface area contributed by atoms with E-state index in [0.717, 1.165) is 17.3 Å². The number of aromatic nitrogens is 1. The minimum absolute atomic E-state index is 0.0307. The highest BCUT2D eigenvalue weighted by Crippen LogP contribution is 2.28. The van der Waals surface area contributed by atoms with Crippen LogP contribution in [0.15, 0.2) is 59.1 Å². The van der Waals surface area contributed by atoms with Crippen LogP contribution in [-0.4, -0.2) is 24.0 Å². The van der Waals surface area contributed by atoms with Gasteiger partial charge in [0.25, 0.3) is 5.91 Å². The van der Waals surface area contributed by atoms with Crippen molar-refractivity contribution in [1.82, 2.24) is 10.3 Å². The van der Waals surface area contributed by atoms with E-state index in [-0.39, 0.29) is 17.7 Å². The third kappa shape index (κ3) is 2.92. The van der Waals surface area contributed by atoms with Crippen molar-refractivity contribution in [3.63, 3.8) is 0 Å². The quantitative estimate of drug-likeness (QED) is 0.565. The van der Waals surface area contributed by atoms with Crippen LogP contribution < -0.4 is 10.1 Å². The molecule has 5 nitrogen and oxygen atoms in total. The van der Waals surface area contributed by atoms with Crippen LogP contribution in [0, 0.1) is 0 Å². The van der Waals surface area contributed by atoms with Gasteiger partial charge in [-0.05, 0) is 37.1 Å². The third-order valence-electron chi connectivity index (χ3n) is 4.53. The van der Waals surface area contributed by atoms with Gasteiger partial charge in [0, 0.05) is 28.5 Å². The van der Waals surface area contributed by atoms with Crippen LogP contribution >= 0.6 is 0 Å². The normalized spacial score (nSPS) is 12.4. The minimum Gasteiger partial charge on any atom is -0.493 e. The molecule has 2 heterocycles. The largest absolute Gasteiger partial charge is 0.493 e. The molecule has 0 saturated heterocycles. The summed E-state index contributed by atoms with van der Waals surface area (Å²) < 4.78 is 11.0. The Morgan fingerprint density at radius 1 is 1.23 bits per heavy atom. The molecule has 4 rings (SSSR count). The summed E-state index contributed by atoms with van der Waals surface area (Å²) in [4.78, 5) is 15.8. The van der Waals surface area contributed by atoms with Crippen LogP contribution in [0.2, 0.25) is 0 Å². The first kappa shape index (κ1) is 16.3. The van der Waals surface area contributed by atoms with Crippen molar-refractivity contribution >= 4 is 27.8 Å². The maximum Gasteiger partial charge on any atom is 0.287 e. The highest BCUT2D eigenvalue weighted by molar-refractivity contribution is 5.97. The number of aromatic amines is 1. The molecule has 4 aromatic rings. The van der Waals surface area contributed by atoms with Gasteiger partial charge in [0.05, 0.1) is 7.11 Å². The van der Waals surface area contributed by atoms with Gasteiger partial charge in [0.1, 0.15) is 0 Å². The van der Waals surface area contributed by atoms with Crippen molar-refractivity contribution in [3.05, 3.63) is 66.1 Å². The summed E-state index contributed by atoms with van der Waals surface area (Å²) in [7, 11) is 1.58. The molecule has 0 spiro atoms. The van der Waals surface area contributed by atoms with Crippen LogP contribution in [0.25, 0.3) is 21.9 Å². The standard InChI is InChI=1S/C21H20N2O3/c1-13(10-15-12-22-17-8-4-3-7-16(15)17)23-21(24)19-11-14-6-5-9-18(25-2)20(14)26-19/h3-9,11-13,22H,10H2,1-2H3,(H,23,24)/t13-/m1/s1. The van der Waals surface area contributed by atoms with Crippen LogP contribution in [0.3, 0.4) is 0 Å². The number of fused-ring (bicyclic) bond motifs is 2. The number of methoxy groups -OCH3 is 1. The Morgan fingerprint density at radius 2 is 2.08 bits per heavy atom. The molecule has 26 heavy (non-hydrogen) atoms. The number of H-pyrrole nitrogens is 1. The van der Waals surface area contributed by atoms with Crippen molar-refractivity contribution < 1.29 is 13.9 Å². The topological polar surface area (TPSA) is 67.3 Å². The molecular weight excluding hydrogens is 328 g/mol. The van der Waals surface area contributed by atoms with E-state index in [0.29, 0.717) is 11.3 Å². The zero-order valence-corrected chi connectivity index (χ0v) is 14.7. The zero-order chi connectivity index (χ0) is 18.1. The Kier molecular flexibility index (Phi) is 4.13. The summed E-state index contributed by atoms with van der Waals surface area (Å²) in [6.07, 6.45) is 2.73. The van der Waals surface area contributed by atoms with Gasteiger partial charge < -0.3 is 19.5 Å². The minimum atomic E-state index is -0.226. The highest BCUT2D eigenvalue weighted by Gasteiger charge is 2.17. The van der Waals surface area contributed by atoms with E-state index in [2.05, 4.69) is 16.4 Å². The maximum atomic E-state index is 12.6. The average Bonchev–Trinajstić information content (AvgIpc) is 3.26. The fourth-order valence-corrected chi connectivity index (χ4v) is 3.29. The first-order valence-electron chi connectivity index (χ1n) is 8.58. The third-order valence-corrected chi connectivity index (χ3v) is 4.53. The van der Waals surface area contributed by atoms with E-state index >= 15 is 0 Å². The molecule has 0 saturated carbocycles.